The Balaban J connectivity index is 1.81. The van der Waals surface area contributed by atoms with Crippen LogP contribution in [0.15, 0.2) is 46.9 Å². The van der Waals surface area contributed by atoms with Gasteiger partial charge in [-0.05, 0) is 55.2 Å². The van der Waals surface area contributed by atoms with E-state index >= 15 is 0 Å². The highest BCUT2D eigenvalue weighted by molar-refractivity contribution is 9.10. The lowest BCUT2D eigenvalue weighted by atomic mass is 10.0. The Morgan fingerprint density at radius 1 is 1.24 bits per heavy atom. The van der Waals surface area contributed by atoms with Crippen molar-refractivity contribution < 1.29 is 4.79 Å². The second-order valence-corrected chi connectivity index (χ2v) is 6.13. The van der Waals surface area contributed by atoms with Gasteiger partial charge in [-0.2, -0.15) is 0 Å². The lowest BCUT2D eigenvalue weighted by molar-refractivity contribution is 0.256. The van der Waals surface area contributed by atoms with Gasteiger partial charge in [0.15, 0.2) is 0 Å². The van der Waals surface area contributed by atoms with Crippen LogP contribution in [0, 0.1) is 6.92 Å². The molecule has 2 amide bonds. The van der Waals surface area contributed by atoms with E-state index in [4.69, 9.17) is 0 Å². The predicted octanol–water partition coefficient (Wildman–Crippen LogP) is 4.74. The van der Waals surface area contributed by atoms with Gasteiger partial charge in [-0.15, -0.1) is 0 Å². The molecule has 2 aromatic carbocycles. The summed E-state index contributed by atoms with van der Waals surface area (Å²) in [7, 11) is 0. The quantitative estimate of drug-likeness (QED) is 0.795. The summed E-state index contributed by atoms with van der Waals surface area (Å²) in [6.07, 6.45) is 2.04. The summed E-state index contributed by atoms with van der Waals surface area (Å²) in [5, 5.41) is 2.99. The number of nitrogens with one attached hydrogen (secondary N) is 1. The van der Waals surface area contributed by atoms with Gasteiger partial charge in [0.2, 0.25) is 0 Å². The van der Waals surface area contributed by atoms with Crippen molar-refractivity contribution >= 4 is 33.3 Å². The predicted molar refractivity (Wildman–Crippen MR) is 90.0 cm³/mol. The maximum Gasteiger partial charge on any atom is 0.326 e. The van der Waals surface area contributed by atoms with Gasteiger partial charge in [0.1, 0.15) is 0 Å². The number of hydrogen-bond donors (Lipinski definition) is 1. The molecular weight excluding hydrogens is 328 g/mol. The molecule has 0 fully saturated rings. The standard InChI is InChI=1S/C17H17BrN2O/c1-12-11-14(8-9-15(12)18)19-17(21)20-10-4-6-13-5-2-3-7-16(13)20/h2-3,5,7-9,11H,4,6,10H2,1H3,(H,19,21). The number of amides is 2. The number of fused-ring (bicyclic) bond motifs is 1. The Kier molecular flexibility index (Phi) is 3.97. The number of hydrogen-bond acceptors (Lipinski definition) is 1. The molecule has 0 aromatic heterocycles. The zero-order valence-corrected chi connectivity index (χ0v) is 13.5. The molecular formula is C17H17BrN2O. The Morgan fingerprint density at radius 2 is 2.05 bits per heavy atom. The first-order valence-electron chi connectivity index (χ1n) is 7.08. The van der Waals surface area contributed by atoms with Crippen LogP contribution >= 0.6 is 15.9 Å². The number of para-hydroxylation sites is 1. The molecule has 0 saturated carbocycles. The number of urea groups is 1. The molecule has 1 aliphatic heterocycles. The van der Waals surface area contributed by atoms with Gasteiger partial charge in [0.05, 0.1) is 0 Å². The van der Waals surface area contributed by atoms with E-state index in [1.807, 2.05) is 48.2 Å². The van der Waals surface area contributed by atoms with Crippen LogP contribution in [0.4, 0.5) is 16.2 Å². The first-order valence-corrected chi connectivity index (χ1v) is 7.87. The van der Waals surface area contributed by atoms with Crippen molar-refractivity contribution in [1.29, 1.82) is 0 Å². The molecule has 0 atom stereocenters. The van der Waals surface area contributed by atoms with E-state index in [9.17, 15) is 4.79 Å². The summed E-state index contributed by atoms with van der Waals surface area (Å²) in [6.45, 7) is 2.77. The van der Waals surface area contributed by atoms with Crippen molar-refractivity contribution in [3.63, 3.8) is 0 Å². The smallest absolute Gasteiger partial charge is 0.308 e. The zero-order valence-electron chi connectivity index (χ0n) is 11.9. The number of rotatable bonds is 1. The van der Waals surface area contributed by atoms with Crippen molar-refractivity contribution in [2.24, 2.45) is 0 Å². The van der Waals surface area contributed by atoms with E-state index in [2.05, 4.69) is 27.3 Å². The third-order valence-electron chi connectivity index (χ3n) is 3.76. The Bertz CT molecular complexity index is 684. The summed E-state index contributed by atoms with van der Waals surface area (Å²) < 4.78 is 1.05. The number of carbonyl (C=O) groups excluding carboxylic acids is 1. The highest BCUT2D eigenvalue weighted by atomic mass is 79.9. The summed E-state index contributed by atoms with van der Waals surface area (Å²) >= 11 is 3.47. The molecule has 1 heterocycles. The van der Waals surface area contributed by atoms with Crippen molar-refractivity contribution in [2.75, 3.05) is 16.8 Å². The van der Waals surface area contributed by atoms with E-state index in [0.29, 0.717) is 0 Å². The van der Waals surface area contributed by atoms with Gasteiger partial charge in [-0.1, -0.05) is 34.1 Å². The molecule has 1 aliphatic rings. The Hall–Kier alpha value is -1.81. The highest BCUT2D eigenvalue weighted by Gasteiger charge is 2.22. The van der Waals surface area contributed by atoms with Gasteiger partial charge in [-0.25, -0.2) is 4.79 Å². The van der Waals surface area contributed by atoms with Crippen LogP contribution in [0.2, 0.25) is 0 Å². The average molecular weight is 345 g/mol. The second-order valence-electron chi connectivity index (χ2n) is 5.28. The van der Waals surface area contributed by atoms with E-state index in [-0.39, 0.29) is 6.03 Å². The zero-order chi connectivity index (χ0) is 14.8. The minimum atomic E-state index is -0.0659. The molecule has 3 rings (SSSR count). The molecule has 21 heavy (non-hydrogen) atoms. The molecule has 2 aromatic rings. The Labute approximate surface area is 133 Å². The first-order chi connectivity index (χ1) is 10.1. The van der Waals surface area contributed by atoms with Crippen LogP contribution < -0.4 is 10.2 Å². The lowest BCUT2D eigenvalue weighted by Gasteiger charge is -2.29. The molecule has 108 valence electrons. The van der Waals surface area contributed by atoms with Crippen LogP contribution in [0.1, 0.15) is 17.5 Å². The molecule has 0 spiro atoms. The lowest BCUT2D eigenvalue weighted by Crippen LogP contribution is -2.38. The van der Waals surface area contributed by atoms with Gasteiger partial charge < -0.3 is 5.32 Å². The fraction of sp³-hybridized carbons (Fsp3) is 0.235. The maximum absolute atomic E-state index is 12.5. The SMILES string of the molecule is Cc1cc(NC(=O)N2CCCc3ccccc32)ccc1Br. The van der Waals surface area contributed by atoms with Crippen LogP contribution in [0.25, 0.3) is 0 Å². The fourth-order valence-corrected chi connectivity index (χ4v) is 2.90. The number of nitrogens with zero attached hydrogens (tertiary/aromatic N) is 1. The van der Waals surface area contributed by atoms with E-state index < -0.39 is 0 Å². The van der Waals surface area contributed by atoms with Gasteiger partial charge in [0.25, 0.3) is 0 Å². The monoisotopic (exact) mass is 344 g/mol. The summed E-state index contributed by atoms with van der Waals surface area (Å²) in [4.78, 5) is 14.4. The normalized spacial score (nSPS) is 13.7. The summed E-state index contributed by atoms with van der Waals surface area (Å²) in [5.41, 5.74) is 4.19. The Morgan fingerprint density at radius 3 is 2.86 bits per heavy atom. The van der Waals surface area contributed by atoms with Crippen LogP contribution in [-0.4, -0.2) is 12.6 Å². The third-order valence-corrected chi connectivity index (χ3v) is 4.65. The number of carbonyl (C=O) groups is 1. The average Bonchev–Trinajstić information content (AvgIpc) is 2.50. The maximum atomic E-state index is 12.5. The van der Waals surface area contributed by atoms with Gasteiger partial charge in [0, 0.05) is 22.4 Å². The third kappa shape index (κ3) is 2.95. The number of anilines is 2. The number of halogens is 1. The van der Waals surface area contributed by atoms with Crippen molar-refractivity contribution in [2.45, 2.75) is 19.8 Å². The minimum absolute atomic E-state index is 0.0659. The number of aryl methyl sites for hydroxylation is 2. The molecule has 4 heteroatoms. The molecule has 0 unspecified atom stereocenters. The molecule has 0 bridgehead atoms. The first kappa shape index (κ1) is 14.1. The molecule has 0 aliphatic carbocycles. The molecule has 0 saturated heterocycles. The summed E-state index contributed by atoms with van der Waals surface area (Å²) in [5.74, 6) is 0. The second kappa shape index (κ2) is 5.90. The van der Waals surface area contributed by atoms with Gasteiger partial charge in [-0.3, -0.25) is 4.90 Å². The highest BCUT2D eigenvalue weighted by Crippen LogP contribution is 2.27. The van der Waals surface area contributed by atoms with E-state index in [1.165, 1.54) is 5.56 Å². The van der Waals surface area contributed by atoms with Crippen molar-refractivity contribution in [1.82, 2.24) is 0 Å². The van der Waals surface area contributed by atoms with Gasteiger partial charge >= 0.3 is 6.03 Å². The van der Waals surface area contributed by atoms with Crippen molar-refractivity contribution in [3.05, 3.63) is 58.1 Å². The van der Waals surface area contributed by atoms with Crippen LogP contribution in [-0.2, 0) is 6.42 Å². The number of benzene rings is 2. The fourth-order valence-electron chi connectivity index (χ4n) is 2.66. The molecule has 0 radical (unpaired) electrons. The van der Waals surface area contributed by atoms with Crippen molar-refractivity contribution in [3.8, 4) is 0 Å². The molecule has 3 nitrogen and oxygen atoms in total. The molecule has 1 N–H and O–H groups in total. The topological polar surface area (TPSA) is 32.3 Å². The van der Waals surface area contributed by atoms with E-state index in [0.717, 1.165) is 40.8 Å². The van der Waals surface area contributed by atoms with E-state index in [1.54, 1.807) is 0 Å². The minimum Gasteiger partial charge on any atom is -0.308 e. The van der Waals surface area contributed by atoms with Crippen LogP contribution in [0.5, 0.6) is 0 Å². The largest absolute Gasteiger partial charge is 0.326 e. The van der Waals surface area contributed by atoms with Crippen LogP contribution in [0.3, 0.4) is 0 Å². The summed E-state index contributed by atoms with van der Waals surface area (Å²) in [6, 6.07) is 13.9.